The van der Waals surface area contributed by atoms with Crippen LogP contribution in [0.2, 0.25) is 0 Å². The molecule has 30 heavy (non-hydrogen) atoms. The van der Waals surface area contributed by atoms with Gasteiger partial charge in [0.2, 0.25) is 5.82 Å². The highest BCUT2D eigenvalue weighted by molar-refractivity contribution is 8.22. The number of nitrogens with zero attached hydrogens (tertiary/aromatic N) is 2. The number of rotatable bonds is 4. The molecule has 0 spiro atoms. The maximum Gasteiger partial charge on any atom is 0.258 e. The molecule has 1 aromatic heterocycles. The molecule has 0 saturated heterocycles. The molecule has 0 radical (unpaired) electrons. The molecule has 1 N–H and O–H groups in total. The van der Waals surface area contributed by atoms with E-state index in [1.54, 1.807) is 37.1 Å². The Hall–Kier alpha value is -2.53. The highest BCUT2D eigenvalue weighted by Crippen LogP contribution is 2.27. The quantitative estimate of drug-likeness (QED) is 0.268. The lowest BCUT2D eigenvalue weighted by molar-refractivity contribution is 0.372. The largest absolute Gasteiger partial charge is 0.356 e. The SMILES string of the molecule is Cc1nc2ccc(CN(C)C(=S)SCc3c(F)c(F)c(F)c(F)c3F)cc2c(=O)[nH]1. The van der Waals surface area contributed by atoms with Crippen LogP contribution in [0.3, 0.4) is 0 Å². The number of hydrogen-bond donors (Lipinski definition) is 1. The zero-order chi connectivity index (χ0) is 22.2. The van der Waals surface area contributed by atoms with Gasteiger partial charge in [-0.05, 0) is 24.6 Å². The number of hydrogen-bond acceptors (Lipinski definition) is 4. The van der Waals surface area contributed by atoms with Gasteiger partial charge in [0.05, 0.1) is 10.9 Å². The summed E-state index contributed by atoms with van der Waals surface area (Å²) in [7, 11) is 1.61. The average molecular weight is 459 g/mol. The summed E-state index contributed by atoms with van der Waals surface area (Å²) in [6, 6.07) is 5.09. The summed E-state index contributed by atoms with van der Waals surface area (Å²) in [6.45, 7) is 1.93. The van der Waals surface area contributed by atoms with E-state index < -0.39 is 40.4 Å². The molecule has 158 valence electrons. The minimum atomic E-state index is -2.20. The zero-order valence-electron chi connectivity index (χ0n) is 15.7. The molecule has 0 aliphatic carbocycles. The van der Waals surface area contributed by atoms with Crippen LogP contribution in [0.25, 0.3) is 10.9 Å². The fraction of sp³-hybridized carbons (Fsp3) is 0.211. The van der Waals surface area contributed by atoms with Crippen molar-refractivity contribution in [3.05, 3.63) is 74.6 Å². The molecular formula is C19H14F5N3OS2. The first-order valence-electron chi connectivity index (χ1n) is 8.48. The summed E-state index contributed by atoms with van der Waals surface area (Å²) in [5, 5.41) is 0.395. The molecule has 0 fully saturated rings. The van der Waals surface area contributed by atoms with Crippen LogP contribution in [0.4, 0.5) is 22.0 Å². The van der Waals surface area contributed by atoms with E-state index in [2.05, 4.69) is 9.97 Å². The number of benzene rings is 2. The lowest BCUT2D eigenvalue weighted by Gasteiger charge is -2.20. The molecular weight excluding hydrogens is 445 g/mol. The maximum atomic E-state index is 13.8. The molecule has 0 saturated carbocycles. The number of nitrogens with one attached hydrogen (secondary N) is 1. The van der Waals surface area contributed by atoms with Crippen molar-refractivity contribution < 1.29 is 22.0 Å². The van der Waals surface area contributed by atoms with Crippen molar-refractivity contribution in [2.24, 2.45) is 0 Å². The first-order valence-corrected chi connectivity index (χ1v) is 9.87. The highest BCUT2D eigenvalue weighted by atomic mass is 32.2. The second-order valence-corrected chi connectivity index (χ2v) is 8.07. The molecule has 0 amide bonds. The minimum absolute atomic E-state index is 0.176. The van der Waals surface area contributed by atoms with Crippen LogP contribution >= 0.6 is 24.0 Å². The Morgan fingerprint density at radius 1 is 1.10 bits per heavy atom. The second kappa shape index (κ2) is 8.68. The Morgan fingerprint density at radius 3 is 2.33 bits per heavy atom. The van der Waals surface area contributed by atoms with Gasteiger partial charge in [0, 0.05) is 24.9 Å². The van der Waals surface area contributed by atoms with Crippen molar-refractivity contribution in [2.75, 3.05) is 7.05 Å². The Bertz CT molecular complexity index is 1190. The summed E-state index contributed by atoms with van der Waals surface area (Å²) in [5.41, 5.74) is 0.0300. The number of aromatic nitrogens is 2. The van der Waals surface area contributed by atoms with E-state index in [1.165, 1.54) is 0 Å². The van der Waals surface area contributed by atoms with Crippen LogP contribution in [0, 0.1) is 36.0 Å². The van der Waals surface area contributed by atoms with Crippen LogP contribution in [0.15, 0.2) is 23.0 Å². The van der Waals surface area contributed by atoms with E-state index in [0.717, 1.165) is 17.3 Å². The summed E-state index contributed by atoms with van der Waals surface area (Å²) in [6.07, 6.45) is 0. The molecule has 0 unspecified atom stereocenters. The molecule has 0 aliphatic heterocycles. The van der Waals surface area contributed by atoms with Gasteiger partial charge in [-0.1, -0.05) is 30.0 Å². The molecule has 1 heterocycles. The number of thioether (sulfide) groups is 1. The maximum absolute atomic E-state index is 13.8. The van der Waals surface area contributed by atoms with Gasteiger partial charge in [-0.25, -0.2) is 26.9 Å². The van der Waals surface area contributed by atoms with E-state index >= 15 is 0 Å². The predicted molar refractivity (Wildman–Crippen MR) is 109 cm³/mol. The third-order valence-electron chi connectivity index (χ3n) is 4.26. The van der Waals surface area contributed by atoms with Gasteiger partial charge in [-0.3, -0.25) is 4.79 Å². The van der Waals surface area contributed by atoms with Crippen LogP contribution in [-0.2, 0) is 12.3 Å². The zero-order valence-corrected chi connectivity index (χ0v) is 17.3. The average Bonchev–Trinajstić information content (AvgIpc) is 2.71. The van der Waals surface area contributed by atoms with Crippen molar-refractivity contribution in [1.82, 2.24) is 14.9 Å². The third-order valence-corrected chi connectivity index (χ3v) is 5.92. The van der Waals surface area contributed by atoms with E-state index in [4.69, 9.17) is 12.2 Å². The van der Waals surface area contributed by atoms with E-state index in [-0.39, 0.29) is 16.4 Å². The fourth-order valence-corrected chi connectivity index (χ4v) is 3.81. The molecule has 4 nitrogen and oxygen atoms in total. The van der Waals surface area contributed by atoms with Gasteiger partial charge >= 0.3 is 0 Å². The number of H-pyrrole nitrogens is 1. The standard InChI is InChI=1S/C19H14F5N3OS2/c1-8-25-12-4-3-9(5-10(12)18(28)26-8)6-27(2)19(29)30-7-11-13(20)15(22)17(24)16(23)14(11)21/h3-5H,6-7H2,1-2H3,(H,25,26,28). The Morgan fingerprint density at radius 2 is 1.70 bits per heavy atom. The first-order chi connectivity index (χ1) is 14.1. The molecule has 0 atom stereocenters. The fourth-order valence-electron chi connectivity index (χ4n) is 2.76. The number of fused-ring (bicyclic) bond motifs is 1. The van der Waals surface area contributed by atoms with Crippen molar-refractivity contribution in [3.8, 4) is 0 Å². The summed E-state index contributed by atoms with van der Waals surface area (Å²) < 4.78 is 67.5. The number of thiocarbonyl (C=S) groups is 1. The van der Waals surface area contributed by atoms with Gasteiger partial charge < -0.3 is 9.88 Å². The summed E-state index contributed by atoms with van der Waals surface area (Å²) in [5.74, 6) is -9.97. The lowest BCUT2D eigenvalue weighted by Crippen LogP contribution is -2.22. The van der Waals surface area contributed by atoms with Crippen LogP contribution in [-0.4, -0.2) is 26.2 Å². The second-order valence-electron chi connectivity index (χ2n) is 6.46. The molecule has 11 heteroatoms. The summed E-state index contributed by atoms with van der Waals surface area (Å²) >= 11 is 5.95. The smallest absolute Gasteiger partial charge is 0.258 e. The van der Waals surface area contributed by atoms with E-state index in [0.29, 0.717) is 16.7 Å². The van der Waals surface area contributed by atoms with Gasteiger partial charge in [-0.15, -0.1) is 0 Å². The van der Waals surface area contributed by atoms with E-state index in [1.807, 2.05) is 0 Å². The van der Waals surface area contributed by atoms with Gasteiger partial charge in [-0.2, -0.15) is 0 Å². The van der Waals surface area contributed by atoms with Gasteiger partial charge in [0.1, 0.15) is 10.1 Å². The molecule has 3 aromatic rings. The van der Waals surface area contributed by atoms with Gasteiger partial charge in [0.15, 0.2) is 23.3 Å². The van der Waals surface area contributed by atoms with Crippen molar-refractivity contribution in [1.29, 1.82) is 0 Å². The number of halogens is 5. The van der Waals surface area contributed by atoms with E-state index in [9.17, 15) is 26.7 Å². The highest BCUT2D eigenvalue weighted by Gasteiger charge is 2.26. The molecule has 0 bridgehead atoms. The molecule has 0 aliphatic rings. The first kappa shape index (κ1) is 22.2. The summed E-state index contributed by atoms with van der Waals surface area (Å²) in [4.78, 5) is 20.5. The molecule has 2 aromatic carbocycles. The normalized spacial score (nSPS) is 11.2. The van der Waals surface area contributed by atoms with Crippen LogP contribution < -0.4 is 5.56 Å². The minimum Gasteiger partial charge on any atom is -0.356 e. The Labute approximate surface area is 177 Å². The number of aromatic amines is 1. The van der Waals surface area contributed by atoms with Gasteiger partial charge in [0.25, 0.3) is 5.56 Å². The monoisotopic (exact) mass is 459 g/mol. The van der Waals surface area contributed by atoms with Crippen molar-refractivity contribution in [3.63, 3.8) is 0 Å². The lowest BCUT2D eigenvalue weighted by atomic mass is 10.1. The third kappa shape index (κ3) is 4.31. The van der Waals surface area contributed by atoms with Crippen LogP contribution in [0.1, 0.15) is 17.0 Å². The Balaban J connectivity index is 1.73. The van der Waals surface area contributed by atoms with Crippen molar-refractivity contribution in [2.45, 2.75) is 19.2 Å². The molecule has 3 rings (SSSR count). The topological polar surface area (TPSA) is 49.0 Å². The van der Waals surface area contributed by atoms with Crippen molar-refractivity contribution >= 4 is 39.2 Å². The Kier molecular flexibility index (Phi) is 6.41. The number of aryl methyl sites for hydroxylation is 1. The van der Waals surface area contributed by atoms with Crippen LogP contribution in [0.5, 0.6) is 0 Å². The predicted octanol–water partition coefficient (Wildman–Crippen LogP) is 4.58.